The molecule has 0 radical (unpaired) electrons. The highest BCUT2D eigenvalue weighted by Gasteiger charge is 2.21. The highest BCUT2D eigenvalue weighted by Crippen LogP contribution is 2.16. The number of carbonyl (C=O) groups is 3. The quantitative estimate of drug-likeness (QED) is 0.406. The molecule has 28 heavy (non-hydrogen) atoms. The second-order valence-electron chi connectivity index (χ2n) is 5.44. The fourth-order valence-corrected chi connectivity index (χ4v) is 3.60. The number of carbonyl (C=O) groups excluding carboxylic acids is 3. The predicted octanol–water partition coefficient (Wildman–Crippen LogP) is -0.260. The minimum Gasteiger partial charge on any atom is -0.454 e. The molecule has 0 spiro atoms. The minimum absolute atomic E-state index is 0.0209. The van der Waals surface area contributed by atoms with Crippen LogP contribution in [0, 0.1) is 12.3 Å². The van der Waals surface area contributed by atoms with Crippen LogP contribution in [0.4, 0.5) is 0 Å². The van der Waals surface area contributed by atoms with Gasteiger partial charge >= 0.3 is 5.97 Å². The Morgan fingerprint density at radius 2 is 1.71 bits per heavy atom. The molecule has 0 bridgehead atoms. The van der Waals surface area contributed by atoms with Gasteiger partial charge in [0.15, 0.2) is 6.61 Å². The summed E-state index contributed by atoms with van der Waals surface area (Å²) in [5.74, 6) is 0.264. The zero-order chi connectivity index (χ0) is 21.2. The Labute approximate surface area is 164 Å². The topological polar surface area (TPSA) is 122 Å². The van der Waals surface area contributed by atoms with Crippen LogP contribution in [-0.4, -0.2) is 63.3 Å². The molecule has 1 aromatic rings. The lowest BCUT2D eigenvalue weighted by atomic mass is 10.2. The molecule has 0 heterocycles. The zero-order valence-corrected chi connectivity index (χ0v) is 16.5. The lowest BCUT2D eigenvalue weighted by Gasteiger charge is -2.18. The molecule has 9 nitrogen and oxygen atoms in total. The van der Waals surface area contributed by atoms with E-state index in [1.807, 2.05) is 0 Å². The number of benzene rings is 1. The second kappa shape index (κ2) is 11.1. The fraction of sp³-hybridized carbons (Fsp3) is 0.389. The molecule has 0 saturated heterocycles. The molecular weight excluding hydrogens is 386 g/mol. The number of terminal acetylenes is 1. The van der Waals surface area contributed by atoms with Crippen molar-refractivity contribution in [2.45, 2.75) is 18.7 Å². The Bertz CT molecular complexity index is 839. The summed E-state index contributed by atoms with van der Waals surface area (Å²) in [6, 6.07) is 5.36. The number of hydrogen-bond acceptors (Lipinski definition) is 6. The largest absolute Gasteiger partial charge is 0.454 e. The van der Waals surface area contributed by atoms with E-state index in [4.69, 9.17) is 6.42 Å². The van der Waals surface area contributed by atoms with Crippen LogP contribution in [0.2, 0.25) is 0 Å². The minimum atomic E-state index is -3.61. The molecule has 2 amide bonds. The third-order valence-corrected chi connectivity index (χ3v) is 5.67. The summed E-state index contributed by atoms with van der Waals surface area (Å²) in [4.78, 5) is 34.9. The number of nitrogens with one attached hydrogen (secondary N) is 2. The first-order valence-electron chi connectivity index (χ1n) is 8.50. The van der Waals surface area contributed by atoms with Crippen LogP contribution in [0.1, 0.15) is 24.2 Å². The van der Waals surface area contributed by atoms with E-state index in [2.05, 4.69) is 21.3 Å². The van der Waals surface area contributed by atoms with Crippen LogP contribution >= 0.6 is 0 Å². The van der Waals surface area contributed by atoms with Crippen molar-refractivity contribution in [3.8, 4) is 12.3 Å². The van der Waals surface area contributed by atoms with E-state index in [1.54, 1.807) is 13.8 Å². The maximum Gasteiger partial charge on any atom is 0.325 e. The van der Waals surface area contributed by atoms with Gasteiger partial charge in [-0.15, -0.1) is 6.42 Å². The van der Waals surface area contributed by atoms with E-state index in [-0.39, 0.29) is 17.0 Å². The molecule has 0 saturated carbocycles. The van der Waals surface area contributed by atoms with Gasteiger partial charge in [-0.2, -0.15) is 4.31 Å². The smallest absolute Gasteiger partial charge is 0.325 e. The molecule has 2 N–H and O–H groups in total. The standard InChI is InChI=1S/C18H23N3O6S/c1-4-11-19-16(22)13-27-17(23)12-20-18(24)14-7-9-15(10-8-14)28(25,26)21(5-2)6-3/h1,7-10H,5-6,11-13H2,2-3H3,(H,19,22)(H,20,24). The van der Waals surface area contributed by atoms with Gasteiger partial charge in [-0.25, -0.2) is 8.42 Å². The normalized spacial score (nSPS) is 10.8. The van der Waals surface area contributed by atoms with Crippen LogP contribution in [0.25, 0.3) is 0 Å². The molecule has 10 heteroatoms. The Morgan fingerprint density at radius 1 is 1.11 bits per heavy atom. The maximum absolute atomic E-state index is 12.4. The fourth-order valence-electron chi connectivity index (χ4n) is 2.14. The highest BCUT2D eigenvalue weighted by molar-refractivity contribution is 7.89. The van der Waals surface area contributed by atoms with Crippen LogP contribution < -0.4 is 10.6 Å². The molecule has 0 atom stereocenters. The number of ether oxygens (including phenoxy) is 1. The van der Waals surface area contributed by atoms with Crippen LogP contribution in [0.5, 0.6) is 0 Å². The van der Waals surface area contributed by atoms with Crippen molar-refractivity contribution < 1.29 is 27.5 Å². The van der Waals surface area contributed by atoms with Gasteiger partial charge < -0.3 is 15.4 Å². The Balaban J connectivity index is 2.59. The Kier molecular flexibility index (Phi) is 9.14. The summed E-state index contributed by atoms with van der Waals surface area (Å²) in [6.45, 7) is 3.22. The van der Waals surface area contributed by atoms with Gasteiger partial charge in [0.1, 0.15) is 6.54 Å². The first-order chi connectivity index (χ1) is 13.3. The van der Waals surface area contributed by atoms with Crippen molar-refractivity contribution in [1.82, 2.24) is 14.9 Å². The molecule has 152 valence electrons. The summed E-state index contributed by atoms with van der Waals surface area (Å²) in [6.07, 6.45) is 4.98. The van der Waals surface area contributed by atoms with E-state index >= 15 is 0 Å². The van der Waals surface area contributed by atoms with Crippen LogP contribution in [0.15, 0.2) is 29.2 Å². The Morgan fingerprint density at radius 3 is 2.25 bits per heavy atom. The van der Waals surface area contributed by atoms with Crippen molar-refractivity contribution >= 4 is 27.8 Å². The number of rotatable bonds is 10. The number of esters is 1. The summed E-state index contributed by atoms with van der Waals surface area (Å²) < 4.78 is 30.8. The number of amides is 2. The van der Waals surface area contributed by atoms with Gasteiger partial charge in [-0.3, -0.25) is 14.4 Å². The predicted molar refractivity (Wildman–Crippen MR) is 102 cm³/mol. The third kappa shape index (κ3) is 6.68. The third-order valence-electron chi connectivity index (χ3n) is 3.60. The van der Waals surface area contributed by atoms with E-state index in [0.29, 0.717) is 13.1 Å². The molecule has 0 aliphatic carbocycles. The van der Waals surface area contributed by atoms with Gasteiger partial charge in [-0.05, 0) is 24.3 Å². The average Bonchev–Trinajstić information content (AvgIpc) is 2.69. The van der Waals surface area contributed by atoms with Gasteiger partial charge in [0, 0.05) is 18.7 Å². The molecule has 0 aliphatic heterocycles. The van der Waals surface area contributed by atoms with Gasteiger partial charge in [-0.1, -0.05) is 19.8 Å². The van der Waals surface area contributed by atoms with Crippen molar-refractivity contribution in [2.75, 3.05) is 32.8 Å². The lowest BCUT2D eigenvalue weighted by molar-refractivity contribution is -0.147. The summed E-state index contributed by atoms with van der Waals surface area (Å²) in [7, 11) is -3.61. The molecule has 0 unspecified atom stereocenters. The number of nitrogens with zero attached hydrogens (tertiary/aromatic N) is 1. The van der Waals surface area contributed by atoms with Crippen LogP contribution in [-0.2, 0) is 24.3 Å². The van der Waals surface area contributed by atoms with E-state index in [1.165, 1.54) is 28.6 Å². The van der Waals surface area contributed by atoms with Crippen LogP contribution in [0.3, 0.4) is 0 Å². The molecular formula is C18H23N3O6S. The van der Waals surface area contributed by atoms with Crippen molar-refractivity contribution in [2.24, 2.45) is 0 Å². The van der Waals surface area contributed by atoms with Gasteiger partial charge in [0.2, 0.25) is 10.0 Å². The zero-order valence-electron chi connectivity index (χ0n) is 15.7. The van der Waals surface area contributed by atoms with Crippen molar-refractivity contribution in [3.05, 3.63) is 29.8 Å². The molecule has 0 aromatic heterocycles. The number of sulfonamides is 1. The van der Waals surface area contributed by atoms with E-state index in [0.717, 1.165) is 0 Å². The van der Waals surface area contributed by atoms with Crippen molar-refractivity contribution in [3.63, 3.8) is 0 Å². The van der Waals surface area contributed by atoms with Crippen molar-refractivity contribution in [1.29, 1.82) is 0 Å². The van der Waals surface area contributed by atoms with Gasteiger partial charge in [0.05, 0.1) is 11.4 Å². The van der Waals surface area contributed by atoms with Gasteiger partial charge in [0.25, 0.3) is 11.8 Å². The molecule has 0 aliphatic rings. The first-order valence-corrected chi connectivity index (χ1v) is 9.94. The Hall–Kier alpha value is -2.90. The average molecular weight is 409 g/mol. The SMILES string of the molecule is C#CCNC(=O)COC(=O)CNC(=O)c1ccc(S(=O)(=O)N(CC)CC)cc1. The van der Waals surface area contributed by atoms with E-state index in [9.17, 15) is 22.8 Å². The van der Waals surface area contributed by atoms with E-state index < -0.39 is 41.0 Å². The molecule has 1 rings (SSSR count). The summed E-state index contributed by atoms with van der Waals surface area (Å²) in [5, 5.41) is 4.65. The first kappa shape index (κ1) is 23.1. The summed E-state index contributed by atoms with van der Waals surface area (Å²) in [5.41, 5.74) is 0.179. The summed E-state index contributed by atoms with van der Waals surface area (Å²) >= 11 is 0. The lowest BCUT2D eigenvalue weighted by Crippen LogP contribution is -2.34. The second-order valence-corrected chi connectivity index (χ2v) is 7.38. The monoisotopic (exact) mass is 409 g/mol. The number of hydrogen-bond donors (Lipinski definition) is 2. The molecule has 0 fully saturated rings. The highest BCUT2D eigenvalue weighted by atomic mass is 32.2. The maximum atomic E-state index is 12.4. The molecule has 1 aromatic carbocycles.